The van der Waals surface area contributed by atoms with Crippen molar-refractivity contribution in [1.29, 1.82) is 0 Å². The highest BCUT2D eigenvalue weighted by atomic mass is 16.2. The summed E-state index contributed by atoms with van der Waals surface area (Å²) in [4.78, 5) is 29.9. The van der Waals surface area contributed by atoms with E-state index in [1.807, 2.05) is 44.1 Å². The number of H-pyrrole nitrogens is 1. The lowest BCUT2D eigenvalue weighted by Crippen LogP contribution is -2.38. The molecule has 5 nitrogen and oxygen atoms in total. The number of aromatic nitrogens is 1. The van der Waals surface area contributed by atoms with Crippen LogP contribution in [-0.2, 0) is 4.79 Å². The molecule has 0 unspecified atom stereocenters. The van der Waals surface area contributed by atoms with Crippen molar-refractivity contribution in [2.45, 2.75) is 51.6 Å². The SMILES string of the molecule is CCC(=O)N[C@H]1CC[C@@H](N(C)C(=O)c2ccc(-c3ccc4[nH]ccc4c3)cc2C)C1. The van der Waals surface area contributed by atoms with Crippen molar-refractivity contribution in [2.75, 3.05) is 7.05 Å². The van der Waals surface area contributed by atoms with Crippen LogP contribution in [0, 0.1) is 6.92 Å². The predicted octanol–water partition coefficient (Wildman–Crippen LogP) is 4.66. The van der Waals surface area contributed by atoms with Gasteiger partial charge in [-0.3, -0.25) is 9.59 Å². The maximum absolute atomic E-state index is 13.2. The van der Waals surface area contributed by atoms with Gasteiger partial charge < -0.3 is 15.2 Å². The first-order valence-corrected chi connectivity index (χ1v) is 10.7. The third-order valence-electron chi connectivity index (χ3n) is 6.30. The molecule has 1 aliphatic carbocycles. The summed E-state index contributed by atoms with van der Waals surface area (Å²) in [6.45, 7) is 3.86. The summed E-state index contributed by atoms with van der Waals surface area (Å²) in [5.41, 5.74) is 5.09. The van der Waals surface area contributed by atoms with Crippen molar-refractivity contribution < 1.29 is 9.59 Å². The summed E-state index contributed by atoms with van der Waals surface area (Å²) in [5, 5.41) is 4.24. The number of benzene rings is 2. The number of aryl methyl sites for hydroxylation is 1. The Balaban J connectivity index is 1.48. The minimum atomic E-state index is 0.0487. The van der Waals surface area contributed by atoms with E-state index in [1.54, 1.807) is 0 Å². The molecule has 30 heavy (non-hydrogen) atoms. The Morgan fingerprint density at radius 1 is 1.10 bits per heavy atom. The summed E-state index contributed by atoms with van der Waals surface area (Å²) in [5.74, 6) is 0.131. The van der Waals surface area contributed by atoms with Crippen molar-refractivity contribution in [2.24, 2.45) is 0 Å². The van der Waals surface area contributed by atoms with Crippen LogP contribution in [0.3, 0.4) is 0 Å². The quantitative estimate of drug-likeness (QED) is 0.651. The molecular weight excluding hydrogens is 374 g/mol. The van der Waals surface area contributed by atoms with Crippen LogP contribution in [0.5, 0.6) is 0 Å². The van der Waals surface area contributed by atoms with Gasteiger partial charge in [0.05, 0.1) is 0 Å². The van der Waals surface area contributed by atoms with Crippen molar-refractivity contribution >= 4 is 22.7 Å². The average molecular weight is 404 g/mol. The normalized spacial score (nSPS) is 18.5. The maximum Gasteiger partial charge on any atom is 0.254 e. The van der Waals surface area contributed by atoms with Crippen molar-refractivity contribution in [1.82, 2.24) is 15.2 Å². The van der Waals surface area contributed by atoms with Gasteiger partial charge >= 0.3 is 0 Å². The lowest BCUT2D eigenvalue weighted by Gasteiger charge is -2.26. The molecule has 0 spiro atoms. The minimum absolute atomic E-state index is 0.0487. The van der Waals surface area contributed by atoms with Crippen molar-refractivity contribution in [3.63, 3.8) is 0 Å². The number of nitrogens with one attached hydrogen (secondary N) is 2. The van der Waals surface area contributed by atoms with Crippen LogP contribution in [0.25, 0.3) is 22.0 Å². The Morgan fingerprint density at radius 2 is 1.87 bits per heavy atom. The van der Waals surface area contributed by atoms with E-state index < -0.39 is 0 Å². The molecule has 2 aromatic carbocycles. The highest BCUT2D eigenvalue weighted by Gasteiger charge is 2.31. The molecule has 1 aromatic heterocycles. The highest BCUT2D eigenvalue weighted by Crippen LogP contribution is 2.28. The lowest BCUT2D eigenvalue weighted by molar-refractivity contribution is -0.121. The number of carbonyl (C=O) groups excluding carboxylic acids is 2. The molecule has 0 bridgehead atoms. The van der Waals surface area contributed by atoms with E-state index in [4.69, 9.17) is 0 Å². The van der Waals surface area contributed by atoms with E-state index in [9.17, 15) is 9.59 Å². The van der Waals surface area contributed by atoms with Gasteiger partial charge in [-0.05, 0) is 72.5 Å². The summed E-state index contributed by atoms with van der Waals surface area (Å²) >= 11 is 0. The van der Waals surface area contributed by atoms with E-state index >= 15 is 0 Å². The summed E-state index contributed by atoms with van der Waals surface area (Å²) in [7, 11) is 1.88. The van der Waals surface area contributed by atoms with Crippen LogP contribution < -0.4 is 5.32 Å². The first-order valence-electron chi connectivity index (χ1n) is 10.7. The second kappa shape index (κ2) is 8.34. The van der Waals surface area contributed by atoms with E-state index in [0.717, 1.165) is 47.0 Å². The van der Waals surface area contributed by atoms with Crippen LogP contribution in [0.15, 0.2) is 48.7 Å². The van der Waals surface area contributed by atoms with E-state index in [1.165, 1.54) is 5.39 Å². The second-order valence-corrected chi connectivity index (χ2v) is 8.31. The fourth-order valence-corrected chi connectivity index (χ4v) is 4.44. The Kier molecular flexibility index (Phi) is 5.62. The number of rotatable bonds is 5. The molecule has 5 heteroatoms. The van der Waals surface area contributed by atoms with Gasteiger partial charge in [-0.2, -0.15) is 0 Å². The smallest absolute Gasteiger partial charge is 0.254 e. The van der Waals surface area contributed by atoms with Crippen LogP contribution >= 0.6 is 0 Å². The third-order valence-corrected chi connectivity index (χ3v) is 6.30. The predicted molar refractivity (Wildman–Crippen MR) is 120 cm³/mol. The standard InChI is InChI=1S/C25H29N3O2/c1-4-24(29)27-20-7-8-21(15-20)28(3)25(30)22-9-5-17(13-16(22)2)18-6-10-23-19(14-18)11-12-26-23/h5-6,9-14,20-21,26H,4,7-8,15H2,1-3H3,(H,27,29)/t20-,21+/m0/s1. The number of nitrogens with zero attached hydrogens (tertiary/aromatic N) is 1. The Hall–Kier alpha value is -3.08. The number of carbonyl (C=O) groups is 2. The molecular formula is C25H29N3O2. The van der Waals surface area contributed by atoms with Crippen molar-refractivity contribution in [3.05, 3.63) is 59.8 Å². The van der Waals surface area contributed by atoms with Crippen LogP contribution in [0.2, 0.25) is 0 Å². The molecule has 156 valence electrons. The molecule has 3 aromatic rings. The first kappa shape index (κ1) is 20.2. The van der Waals surface area contributed by atoms with Gasteiger partial charge in [0.25, 0.3) is 5.91 Å². The lowest BCUT2D eigenvalue weighted by atomic mass is 9.98. The van der Waals surface area contributed by atoms with Gasteiger partial charge in [-0.1, -0.05) is 25.1 Å². The fourth-order valence-electron chi connectivity index (χ4n) is 4.44. The van der Waals surface area contributed by atoms with E-state index in [0.29, 0.717) is 6.42 Å². The maximum atomic E-state index is 13.2. The Morgan fingerprint density at radius 3 is 2.63 bits per heavy atom. The monoisotopic (exact) mass is 403 g/mol. The van der Waals surface area contributed by atoms with Gasteiger partial charge in [0, 0.05) is 42.8 Å². The molecule has 4 rings (SSSR count). The van der Waals surface area contributed by atoms with Gasteiger partial charge in [0.15, 0.2) is 0 Å². The Bertz CT molecular complexity index is 1080. The molecule has 1 aliphatic rings. The molecule has 0 radical (unpaired) electrons. The minimum Gasteiger partial charge on any atom is -0.361 e. The van der Waals surface area contributed by atoms with Crippen LogP contribution in [-0.4, -0.2) is 40.8 Å². The highest BCUT2D eigenvalue weighted by molar-refractivity contribution is 5.96. The molecule has 2 atom stereocenters. The zero-order valence-corrected chi connectivity index (χ0v) is 17.9. The largest absolute Gasteiger partial charge is 0.361 e. The molecule has 1 fully saturated rings. The third kappa shape index (κ3) is 3.97. The first-order chi connectivity index (χ1) is 14.5. The summed E-state index contributed by atoms with van der Waals surface area (Å²) < 4.78 is 0. The number of hydrogen-bond donors (Lipinski definition) is 2. The van der Waals surface area contributed by atoms with Crippen LogP contribution in [0.1, 0.15) is 48.5 Å². The second-order valence-electron chi connectivity index (χ2n) is 8.31. The number of aromatic amines is 1. The fraction of sp³-hybridized carbons (Fsp3) is 0.360. The van der Waals surface area contributed by atoms with Gasteiger partial charge in [0.1, 0.15) is 0 Å². The van der Waals surface area contributed by atoms with E-state index in [-0.39, 0.29) is 23.9 Å². The number of hydrogen-bond acceptors (Lipinski definition) is 2. The molecule has 1 heterocycles. The molecule has 2 amide bonds. The van der Waals surface area contributed by atoms with Gasteiger partial charge in [0.2, 0.25) is 5.91 Å². The number of amides is 2. The average Bonchev–Trinajstić information content (AvgIpc) is 3.41. The summed E-state index contributed by atoms with van der Waals surface area (Å²) in [6.07, 6.45) is 5.11. The van der Waals surface area contributed by atoms with E-state index in [2.05, 4.69) is 40.6 Å². The topological polar surface area (TPSA) is 65.2 Å². The number of fused-ring (bicyclic) bond motifs is 1. The van der Waals surface area contributed by atoms with Gasteiger partial charge in [-0.25, -0.2) is 0 Å². The van der Waals surface area contributed by atoms with Crippen molar-refractivity contribution in [3.8, 4) is 11.1 Å². The Labute approximate surface area is 177 Å². The molecule has 2 N–H and O–H groups in total. The molecule has 0 aliphatic heterocycles. The zero-order chi connectivity index (χ0) is 21.3. The summed E-state index contributed by atoms with van der Waals surface area (Å²) in [6, 6.07) is 14.8. The van der Waals surface area contributed by atoms with Crippen LogP contribution in [0.4, 0.5) is 0 Å². The molecule has 1 saturated carbocycles. The zero-order valence-electron chi connectivity index (χ0n) is 17.9. The van der Waals surface area contributed by atoms with Gasteiger partial charge in [-0.15, -0.1) is 0 Å². The molecule has 0 saturated heterocycles.